The van der Waals surface area contributed by atoms with E-state index in [0.29, 0.717) is 21.9 Å². The van der Waals surface area contributed by atoms with Crippen molar-refractivity contribution in [3.05, 3.63) is 0 Å². The highest BCUT2D eigenvalue weighted by Gasteiger charge is 2.37. The Balaban J connectivity index is 1.37. The number of hydrogen-bond donors (Lipinski definition) is 0. The molecule has 4 heteroatoms. The Bertz CT molecular complexity index is 705. The summed E-state index contributed by atoms with van der Waals surface area (Å²) in [7, 11) is 0. The summed E-state index contributed by atoms with van der Waals surface area (Å²) < 4.78 is 0. The zero-order valence-electron chi connectivity index (χ0n) is 28.4. The van der Waals surface area contributed by atoms with Crippen LogP contribution < -0.4 is 0 Å². The molecule has 0 amide bonds. The number of nitrogens with zero attached hydrogens (tertiary/aromatic N) is 4. The van der Waals surface area contributed by atoms with Crippen molar-refractivity contribution in [3.8, 4) is 0 Å². The average molecular weight is 547 g/mol. The molecule has 1 atom stereocenters. The molecule has 39 heavy (non-hydrogen) atoms. The molecule has 0 saturated carbocycles. The molecule has 3 aliphatic rings. The highest BCUT2D eigenvalue weighted by Crippen LogP contribution is 2.41. The van der Waals surface area contributed by atoms with Gasteiger partial charge in [-0.3, -0.25) is 9.80 Å². The number of piperidine rings is 2. The fraction of sp³-hybridized carbons (Fsp3) is 1.00. The fourth-order valence-electron chi connectivity index (χ4n) is 7.61. The molecule has 0 bridgehead atoms. The van der Waals surface area contributed by atoms with Crippen molar-refractivity contribution in [2.24, 2.45) is 22.7 Å². The smallest absolute Gasteiger partial charge is 0.0154 e. The van der Waals surface area contributed by atoms with Crippen molar-refractivity contribution < 1.29 is 0 Å². The molecule has 3 saturated heterocycles. The van der Waals surface area contributed by atoms with Gasteiger partial charge in [-0.05, 0) is 135 Å². The summed E-state index contributed by atoms with van der Waals surface area (Å²) in [5, 5.41) is 0. The lowest BCUT2D eigenvalue weighted by atomic mass is 9.69. The van der Waals surface area contributed by atoms with Gasteiger partial charge >= 0.3 is 0 Å². The van der Waals surface area contributed by atoms with Crippen LogP contribution in [-0.2, 0) is 0 Å². The summed E-state index contributed by atoms with van der Waals surface area (Å²) in [6, 6.07) is 0. The van der Waals surface area contributed by atoms with E-state index in [1.54, 1.807) is 0 Å². The zero-order chi connectivity index (χ0) is 28.9. The molecular formula is C35H70N4. The Morgan fingerprint density at radius 2 is 1.28 bits per heavy atom. The largest absolute Gasteiger partial charge is 0.303 e. The van der Waals surface area contributed by atoms with Crippen LogP contribution in [-0.4, -0.2) is 96.1 Å². The molecule has 0 aromatic rings. The first kappa shape index (κ1) is 33.3. The van der Waals surface area contributed by atoms with Gasteiger partial charge in [0.2, 0.25) is 0 Å². The van der Waals surface area contributed by atoms with Crippen LogP contribution in [0.4, 0.5) is 0 Å². The predicted octanol–water partition coefficient (Wildman–Crippen LogP) is 7.63. The van der Waals surface area contributed by atoms with Crippen molar-refractivity contribution in [2.75, 3.05) is 65.4 Å². The second-order valence-corrected chi connectivity index (χ2v) is 17.0. The van der Waals surface area contributed by atoms with E-state index in [1.165, 1.54) is 123 Å². The van der Waals surface area contributed by atoms with Crippen LogP contribution in [0.2, 0.25) is 0 Å². The molecule has 230 valence electrons. The van der Waals surface area contributed by atoms with Crippen LogP contribution in [0, 0.1) is 22.7 Å². The van der Waals surface area contributed by atoms with Crippen molar-refractivity contribution in [1.29, 1.82) is 0 Å². The van der Waals surface area contributed by atoms with Gasteiger partial charge in [0.05, 0.1) is 0 Å². The Labute approximate surface area is 245 Å². The van der Waals surface area contributed by atoms with Crippen molar-refractivity contribution in [3.63, 3.8) is 0 Å². The second-order valence-electron chi connectivity index (χ2n) is 17.0. The third-order valence-corrected chi connectivity index (χ3v) is 11.6. The maximum Gasteiger partial charge on any atom is 0.0154 e. The quantitative estimate of drug-likeness (QED) is 0.249. The van der Waals surface area contributed by atoms with E-state index in [4.69, 9.17) is 0 Å². The number of likely N-dealkylation sites (tertiary alicyclic amines) is 2. The molecular weight excluding hydrogens is 476 g/mol. The number of rotatable bonds is 12. The van der Waals surface area contributed by atoms with Crippen LogP contribution in [0.5, 0.6) is 0 Å². The first-order valence-electron chi connectivity index (χ1n) is 17.1. The lowest BCUT2D eigenvalue weighted by Gasteiger charge is -2.47. The Hall–Kier alpha value is -0.160. The first-order chi connectivity index (χ1) is 18.1. The lowest BCUT2D eigenvalue weighted by molar-refractivity contribution is 0.0225. The van der Waals surface area contributed by atoms with E-state index in [1.807, 2.05) is 0 Å². The SMILES string of the molecule is CCC(C)(C)CCCN1CCN(C(C)(C)CCC(C)(C)C2CCN(C[C@@H]3CCCN(C(C)(C)C)C3)CC2)CC1. The van der Waals surface area contributed by atoms with Gasteiger partial charge in [0.1, 0.15) is 0 Å². The molecule has 3 aliphatic heterocycles. The van der Waals surface area contributed by atoms with Crippen molar-refractivity contribution in [2.45, 2.75) is 138 Å². The van der Waals surface area contributed by atoms with Crippen LogP contribution in [0.1, 0.15) is 127 Å². The van der Waals surface area contributed by atoms with Crippen LogP contribution in [0.25, 0.3) is 0 Å². The van der Waals surface area contributed by atoms with Gasteiger partial charge in [0.15, 0.2) is 0 Å². The standard InChI is InChI=1S/C35H70N4/c1-11-33(5,6)17-13-20-36-24-26-38(27-25-36)35(9,10)19-18-34(7,8)31-15-22-37(23-16-31)28-30-14-12-21-39(29-30)32(2,3)4/h30-31H,11-29H2,1-10H3/t30-/m0/s1. The minimum atomic E-state index is 0.314. The Morgan fingerprint density at radius 3 is 1.87 bits per heavy atom. The molecule has 0 radical (unpaired) electrons. The second kappa shape index (κ2) is 13.9. The van der Waals surface area contributed by atoms with Gasteiger partial charge in [-0.2, -0.15) is 0 Å². The molecule has 3 fully saturated rings. The van der Waals surface area contributed by atoms with E-state index in [-0.39, 0.29) is 0 Å². The zero-order valence-corrected chi connectivity index (χ0v) is 28.4. The molecule has 0 aromatic heterocycles. The number of piperazine rings is 1. The Morgan fingerprint density at radius 1 is 0.641 bits per heavy atom. The van der Waals surface area contributed by atoms with Crippen molar-refractivity contribution >= 4 is 0 Å². The average Bonchev–Trinajstić information content (AvgIpc) is 2.88. The van der Waals surface area contributed by atoms with Crippen LogP contribution in [0.15, 0.2) is 0 Å². The van der Waals surface area contributed by atoms with Gasteiger partial charge in [0, 0.05) is 50.3 Å². The lowest BCUT2D eigenvalue weighted by Crippen LogP contribution is -2.55. The monoisotopic (exact) mass is 547 g/mol. The minimum Gasteiger partial charge on any atom is -0.303 e. The topological polar surface area (TPSA) is 13.0 Å². The summed E-state index contributed by atoms with van der Waals surface area (Å²) in [5.41, 5.74) is 1.60. The van der Waals surface area contributed by atoms with Crippen LogP contribution >= 0.6 is 0 Å². The molecule has 0 unspecified atom stereocenters. The van der Waals surface area contributed by atoms with E-state index in [0.717, 1.165) is 11.8 Å². The summed E-state index contributed by atoms with van der Waals surface area (Å²) >= 11 is 0. The third kappa shape index (κ3) is 10.3. The Kier molecular flexibility index (Phi) is 11.9. The fourth-order valence-corrected chi connectivity index (χ4v) is 7.61. The van der Waals surface area contributed by atoms with E-state index >= 15 is 0 Å². The molecule has 3 heterocycles. The van der Waals surface area contributed by atoms with E-state index < -0.39 is 0 Å². The summed E-state index contributed by atoms with van der Waals surface area (Å²) in [6.45, 7) is 37.4. The third-order valence-electron chi connectivity index (χ3n) is 11.6. The molecule has 0 N–H and O–H groups in total. The molecule has 0 aliphatic carbocycles. The summed E-state index contributed by atoms with van der Waals surface area (Å²) in [5.74, 6) is 1.75. The normalized spacial score (nSPS) is 24.9. The van der Waals surface area contributed by atoms with Gasteiger partial charge in [-0.25, -0.2) is 0 Å². The molecule has 3 rings (SSSR count). The van der Waals surface area contributed by atoms with Gasteiger partial charge in [0.25, 0.3) is 0 Å². The molecule has 4 nitrogen and oxygen atoms in total. The van der Waals surface area contributed by atoms with Crippen LogP contribution in [0.3, 0.4) is 0 Å². The maximum atomic E-state index is 2.82. The van der Waals surface area contributed by atoms with Crippen molar-refractivity contribution in [1.82, 2.24) is 19.6 Å². The maximum absolute atomic E-state index is 2.82. The predicted molar refractivity (Wildman–Crippen MR) is 172 cm³/mol. The first-order valence-corrected chi connectivity index (χ1v) is 17.1. The minimum absolute atomic E-state index is 0.314. The van der Waals surface area contributed by atoms with E-state index in [9.17, 15) is 0 Å². The highest BCUT2D eigenvalue weighted by atomic mass is 15.3. The number of hydrogen-bond acceptors (Lipinski definition) is 4. The highest BCUT2D eigenvalue weighted by molar-refractivity contribution is 4.91. The molecule has 0 aromatic carbocycles. The van der Waals surface area contributed by atoms with Gasteiger partial charge in [-0.15, -0.1) is 0 Å². The summed E-state index contributed by atoms with van der Waals surface area (Å²) in [6.07, 6.45) is 12.3. The molecule has 0 spiro atoms. The van der Waals surface area contributed by atoms with Gasteiger partial charge < -0.3 is 9.80 Å². The summed E-state index contributed by atoms with van der Waals surface area (Å²) in [4.78, 5) is 11.1. The van der Waals surface area contributed by atoms with E-state index in [2.05, 4.69) is 88.8 Å². The van der Waals surface area contributed by atoms with Gasteiger partial charge in [-0.1, -0.05) is 41.0 Å².